The topological polar surface area (TPSA) is 56.7 Å². The number of nitrogens with zero attached hydrogens (tertiary/aromatic N) is 3. The molecule has 0 fully saturated rings. The largest absolute Gasteiger partial charge is 0.368 e. The Balaban J connectivity index is 2.53. The minimum absolute atomic E-state index is 0.182. The van der Waals surface area contributed by atoms with Gasteiger partial charge in [-0.05, 0) is 12.1 Å². The lowest BCUT2D eigenvalue weighted by molar-refractivity contribution is 0.901. The molecule has 1 heterocycles. The summed E-state index contributed by atoms with van der Waals surface area (Å²) in [4.78, 5) is 3.79. The lowest BCUT2D eigenvalue weighted by Crippen LogP contribution is -2.08. The van der Waals surface area contributed by atoms with Crippen LogP contribution in [-0.2, 0) is 0 Å². The van der Waals surface area contributed by atoms with Crippen molar-refractivity contribution in [2.75, 3.05) is 5.73 Å². The molecule has 13 heavy (non-hydrogen) atoms. The summed E-state index contributed by atoms with van der Waals surface area (Å²) in [6, 6.07) is 9.47. The first-order valence-electron chi connectivity index (χ1n) is 3.81. The average molecular weight is 170 g/mol. The maximum Gasteiger partial charge on any atom is 0.222 e. The molecule has 2 N–H and O–H groups in total. The van der Waals surface area contributed by atoms with Gasteiger partial charge in [0.05, 0.1) is 11.4 Å². The van der Waals surface area contributed by atoms with Crippen molar-refractivity contribution in [2.24, 2.45) is 0 Å². The fourth-order valence-corrected chi connectivity index (χ4v) is 1.10. The van der Waals surface area contributed by atoms with Gasteiger partial charge in [0.1, 0.15) is 0 Å². The van der Waals surface area contributed by atoms with Gasteiger partial charge in [-0.3, -0.25) is 0 Å². The highest BCUT2D eigenvalue weighted by Gasteiger charge is 2.03. The van der Waals surface area contributed by atoms with E-state index in [2.05, 4.69) is 10.1 Å². The third kappa shape index (κ3) is 1.40. The van der Waals surface area contributed by atoms with Gasteiger partial charge in [0, 0.05) is 0 Å². The first-order valence-corrected chi connectivity index (χ1v) is 3.81. The summed E-state index contributed by atoms with van der Waals surface area (Å²) in [5.41, 5.74) is 6.62. The van der Waals surface area contributed by atoms with E-state index in [0.717, 1.165) is 5.69 Å². The second-order valence-electron chi connectivity index (χ2n) is 2.58. The second kappa shape index (κ2) is 2.93. The molecular formula is C8H7BN4. The molecule has 2 aromatic rings. The fraction of sp³-hybridized carbons (Fsp3) is 0. The van der Waals surface area contributed by atoms with Gasteiger partial charge in [0.2, 0.25) is 5.95 Å². The minimum atomic E-state index is 0.182. The van der Waals surface area contributed by atoms with Crippen LogP contribution in [0.1, 0.15) is 0 Å². The van der Waals surface area contributed by atoms with Gasteiger partial charge >= 0.3 is 0 Å². The molecule has 0 spiro atoms. The summed E-state index contributed by atoms with van der Waals surface area (Å²) in [5, 5.41) is 3.94. The monoisotopic (exact) mass is 170 g/mol. The number of rotatable bonds is 1. The number of hydrogen-bond acceptors (Lipinski definition) is 3. The van der Waals surface area contributed by atoms with Crippen LogP contribution in [0.25, 0.3) is 5.69 Å². The smallest absolute Gasteiger partial charge is 0.222 e. The number of aromatic nitrogens is 3. The highest BCUT2D eigenvalue weighted by Crippen LogP contribution is 2.06. The molecule has 1 aromatic carbocycles. The second-order valence-corrected chi connectivity index (χ2v) is 2.58. The van der Waals surface area contributed by atoms with Crippen LogP contribution in [0.15, 0.2) is 30.3 Å². The summed E-state index contributed by atoms with van der Waals surface area (Å²) < 4.78 is 1.50. The van der Waals surface area contributed by atoms with Gasteiger partial charge in [-0.1, -0.05) is 18.2 Å². The summed E-state index contributed by atoms with van der Waals surface area (Å²) in [6.07, 6.45) is 0. The van der Waals surface area contributed by atoms with E-state index in [4.69, 9.17) is 13.6 Å². The van der Waals surface area contributed by atoms with E-state index in [1.54, 1.807) is 0 Å². The molecule has 0 aliphatic heterocycles. The minimum Gasteiger partial charge on any atom is -0.368 e. The molecule has 0 saturated carbocycles. The zero-order valence-corrected chi connectivity index (χ0v) is 6.88. The Bertz CT molecular complexity index is 409. The standard InChI is InChI=1S/C8H7BN4/c9-7-11-8(10)13(12-7)6-4-2-1-3-5-6/h1-5H,(H2,10,11,12). The first kappa shape index (κ1) is 7.85. The van der Waals surface area contributed by atoms with Crippen LogP contribution in [0.4, 0.5) is 5.95 Å². The number of para-hydroxylation sites is 1. The van der Waals surface area contributed by atoms with Crippen molar-refractivity contribution in [2.45, 2.75) is 0 Å². The van der Waals surface area contributed by atoms with Crippen molar-refractivity contribution in [3.05, 3.63) is 30.3 Å². The first-order chi connectivity index (χ1) is 6.27. The molecule has 2 radical (unpaired) electrons. The van der Waals surface area contributed by atoms with E-state index < -0.39 is 0 Å². The van der Waals surface area contributed by atoms with Crippen molar-refractivity contribution < 1.29 is 0 Å². The summed E-state index contributed by atoms with van der Waals surface area (Å²) in [6.45, 7) is 0. The van der Waals surface area contributed by atoms with Gasteiger partial charge in [-0.15, -0.1) is 0 Å². The molecule has 0 bridgehead atoms. The molecule has 0 aliphatic rings. The Morgan fingerprint density at radius 3 is 2.46 bits per heavy atom. The molecule has 1 aromatic heterocycles. The van der Waals surface area contributed by atoms with Crippen LogP contribution in [0.5, 0.6) is 0 Å². The van der Waals surface area contributed by atoms with Gasteiger partial charge in [0.25, 0.3) is 0 Å². The molecule has 0 unspecified atom stereocenters. The highest BCUT2D eigenvalue weighted by molar-refractivity contribution is 6.29. The maximum absolute atomic E-state index is 5.58. The van der Waals surface area contributed by atoms with E-state index >= 15 is 0 Å². The number of hydrogen-bond donors (Lipinski definition) is 1. The van der Waals surface area contributed by atoms with Crippen molar-refractivity contribution in [1.29, 1.82) is 0 Å². The highest BCUT2D eigenvalue weighted by atomic mass is 15.4. The van der Waals surface area contributed by atoms with Gasteiger partial charge in [-0.2, -0.15) is 5.10 Å². The van der Waals surface area contributed by atoms with Crippen molar-refractivity contribution >= 4 is 19.5 Å². The molecule has 0 aliphatic carbocycles. The molecular weight excluding hydrogens is 163 g/mol. The lowest BCUT2D eigenvalue weighted by atomic mass is 10.1. The molecule has 62 valence electrons. The molecule has 5 heteroatoms. The van der Waals surface area contributed by atoms with Crippen LogP contribution in [-0.4, -0.2) is 22.6 Å². The Morgan fingerprint density at radius 2 is 1.92 bits per heavy atom. The van der Waals surface area contributed by atoms with Crippen molar-refractivity contribution in [3.63, 3.8) is 0 Å². The normalized spacial score (nSPS) is 10.2. The number of nitrogens with two attached hydrogens (primary N) is 1. The Kier molecular flexibility index (Phi) is 1.77. The zero-order valence-electron chi connectivity index (χ0n) is 6.88. The Morgan fingerprint density at radius 1 is 1.23 bits per heavy atom. The van der Waals surface area contributed by atoms with E-state index in [9.17, 15) is 0 Å². The van der Waals surface area contributed by atoms with E-state index in [1.807, 2.05) is 30.3 Å². The van der Waals surface area contributed by atoms with Crippen LogP contribution >= 0.6 is 0 Å². The number of anilines is 1. The van der Waals surface area contributed by atoms with Crippen LogP contribution in [0.2, 0.25) is 0 Å². The Labute approximate surface area is 76.8 Å². The maximum atomic E-state index is 5.58. The SMILES string of the molecule is [B]c1nc(N)n(-c2ccccc2)n1. The third-order valence-corrected chi connectivity index (χ3v) is 1.65. The quantitative estimate of drug-likeness (QED) is 0.594. The Hall–Kier alpha value is -1.78. The predicted octanol–water partition coefficient (Wildman–Crippen LogP) is -0.357. The molecule has 0 amide bonds. The average Bonchev–Trinajstić information content (AvgIpc) is 2.47. The lowest BCUT2D eigenvalue weighted by Gasteiger charge is -2.00. The summed E-state index contributed by atoms with van der Waals surface area (Å²) >= 11 is 0. The fourth-order valence-electron chi connectivity index (χ4n) is 1.10. The predicted molar refractivity (Wildman–Crippen MR) is 51.2 cm³/mol. The molecule has 0 saturated heterocycles. The van der Waals surface area contributed by atoms with Crippen molar-refractivity contribution in [3.8, 4) is 5.69 Å². The molecule has 0 atom stereocenters. The van der Waals surface area contributed by atoms with E-state index in [0.29, 0.717) is 5.95 Å². The van der Waals surface area contributed by atoms with Crippen LogP contribution in [0, 0.1) is 0 Å². The number of nitrogen functional groups attached to an aromatic ring is 1. The van der Waals surface area contributed by atoms with Gasteiger partial charge in [-0.25, -0.2) is 9.67 Å². The van der Waals surface area contributed by atoms with Crippen LogP contribution < -0.4 is 11.5 Å². The third-order valence-electron chi connectivity index (χ3n) is 1.65. The zero-order chi connectivity index (χ0) is 9.26. The molecule has 4 nitrogen and oxygen atoms in total. The van der Waals surface area contributed by atoms with E-state index in [1.165, 1.54) is 4.68 Å². The van der Waals surface area contributed by atoms with Crippen LogP contribution in [0.3, 0.4) is 0 Å². The summed E-state index contributed by atoms with van der Waals surface area (Å²) in [7, 11) is 5.39. The number of benzene rings is 1. The van der Waals surface area contributed by atoms with Gasteiger partial charge < -0.3 is 5.73 Å². The summed E-state index contributed by atoms with van der Waals surface area (Å²) in [5.74, 6) is 0.295. The van der Waals surface area contributed by atoms with E-state index in [-0.39, 0.29) is 5.72 Å². The van der Waals surface area contributed by atoms with Crippen molar-refractivity contribution in [1.82, 2.24) is 14.8 Å². The van der Waals surface area contributed by atoms with Gasteiger partial charge in [0.15, 0.2) is 7.85 Å². The molecule has 2 rings (SSSR count).